The predicted molar refractivity (Wildman–Crippen MR) is 70.1 cm³/mol. The van der Waals surface area contributed by atoms with Crippen molar-refractivity contribution in [2.24, 2.45) is 0 Å². The molecular formula is C13H19N3O. The van der Waals surface area contributed by atoms with E-state index in [1.165, 1.54) is 0 Å². The van der Waals surface area contributed by atoms with Crippen LogP contribution in [0.1, 0.15) is 20.3 Å². The fourth-order valence-corrected chi connectivity index (χ4v) is 1.56. The zero-order chi connectivity index (χ0) is 12.8. The van der Waals surface area contributed by atoms with Crippen LogP contribution in [-0.4, -0.2) is 19.7 Å². The molecule has 1 aromatic rings. The summed E-state index contributed by atoms with van der Waals surface area (Å²) in [6.07, 6.45) is 0.572. The highest BCUT2D eigenvalue weighted by Gasteiger charge is 2.10. The maximum atomic E-state index is 8.57. The first kappa shape index (κ1) is 13.2. The van der Waals surface area contributed by atoms with Gasteiger partial charge in [0.25, 0.3) is 0 Å². The van der Waals surface area contributed by atoms with Crippen molar-refractivity contribution in [1.29, 1.82) is 5.26 Å². The molecule has 0 spiro atoms. The molecule has 0 saturated heterocycles. The van der Waals surface area contributed by atoms with E-state index in [2.05, 4.69) is 6.07 Å². The van der Waals surface area contributed by atoms with E-state index in [0.29, 0.717) is 24.4 Å². The summed E-state index contributed by atoms with van der Waals surface area (Å²) in [6.45, 7) is 4.59. The first-order valence-corrected chi connectivity index (χ1v) is 5.69. The Morgan fingerprint density at radius 2 is 2.18 bits per heavy atom. The number of benzene rings is 1. The van der Waals surface area contributed by atoms with Crippen LogP contribution < -0.4 is 15.4 Å². The van der Waals surface area contributed by atoms with Crippen LogP contribution in [0.3, 0.4) is 0 Å². The Hall–Kier alpha value is -1.89. The molecule has 1 rings (SSSR count). The molecule has 0 aromatic heterocycles. The fourth-order valence-electron chi connectivity index (χ4n) is 1.56. The molecule has 4 nitrogen and oxygen atoms in total. The Kier molecular flexibility index (Phi) is 4.65. The van der Waals surface area contributed by atoms with Gasteiger partial charge in [-0.15, -0.1) is 0 Å². The van der Waals surface area contributed by atoms with E-state index in [0.717, 1.165) is 5.69 Å². The number of nitrogens with two attached hydrogens (primary N) is 1. The van der Waals surface area contributed by atoms with Crippen LogP contribution >= 0.6 is 0 Å². The van der Waals surface area contributed by atoms with Crippen molar-refractivity contribution in [3.8, 4) is 11.8 Å². The molecule has 92 valence electrons. The lowest BCUT2D eigenvalue weighted by atomic mass is 10.2. The molecule has 0 aliphatic heterocycles. The van der Waals surface area contributed by atoms with Crippen LogP contribution in [0.2, 0.25) is 0 Å². The average molecular weight is 233 g/mol. The molecule has 0 atom stereocenters. The molecule has 0 radical (unpaired) electrons. The lowest BCUT2D eigenvalue weighted by Crippen LogP contribution is -2.20. The highest BCUT2D eigenvalue weighted by molar-refractivity contribution is 5.73. The van der Waals surface area contributed by atoms with Crippen molar-refractivity contribution >= 4 is 11.4 Å². The van der Waals surface area contributed by atoms with Crippen molar-refractivity contribution in [1.82, 2.24) is 0 Å². The summed E-state index contributed by atoms with van der Waals surface area (Å²) in [4.78, 5) is 1.96. The molecule has 0 aliphatic carbocycles. The highest BCUT2D eigenvalue weighted by atomic mass is 16.5. The van der Waals surface area contributed by atoms with Crippen molar-refractivity contribution in [2.45, 2.75) is 26.4 Å². The fraction of sp³-hybridized carbons (Fsp3) is 0.462. The van der Waals surface area contributed by atoms with Crippen molar-refractivity contribution < 1.29 is 4.74 Å². The van der Waals surface area contributed by atoms with Crippen molar-refractivity contribution in [2.75, 3.05) is 24.2 Å². The standard InChI is InChI=1S/C13H19N3O/c1-10(2)17-12-7-4-6-11(13(12)15)16(3)9-5-8-14/h4,6-7,10H,5,9,15H2,1-3H3. The minimum atomic E-state index is 0.0944. The van der Waals surface area contributed by atoms with E-state index in [4.69, 9.17) is 15.7 Å². The van der Waals surface area contributed by atoms with Gasteiger partial charge in [-0.05, 0) is 26.0 Å². The van der Waals surface area contributed by atoms with Gasteiger partial charge in [0.1, 0.15) is 5.75 Å². The molecular weight excluding hydrogens is 214 g/mol. The van der Waals surface area contributed by atoms with Gasteiger partial charge in [-0.1, -0.05) is 6.07 Å². The molecule has 0 aliphatic rings. The second-order valence-electron chi connectivity index (χ2n) is 4.19. The van der Waals surface area contributed by atoms with Crippen LogP contribution in [0.15, 0.2) is 18.2 Å². The average Bonchev–Trinajstić information content (AvgIpc) is 2.28. The number of anilines is 2. The van der Waals surface area contributed by atoms with Gasteiger partial charge in [-0.25, -0.2) is 0 Å². The second-order valence-corrected chi connectivity index (χ2v) is 4.19. The lowest BCUT2D eigenvalue weighted by Gasteiger charge is -2.22. The molecule has 0 saturated carbocycles. The van der Waals surface area contributed by atoms with Crippen molar-refractivity contribution in [3.05, 3.63) is 18.2 Å². The van der Waals surface area contributed by atoms with Crippen molar-refractivity contribution in [3.63, 3.8) is 0 Å². The summed E-state index contributed by atoms with van der Waals surface area (Å²) >= 11 is 0. The normalized spacial score (nSPS) is 10.1. The van der Waals surface area contributed by atoms with E-state index in [1.54, 1.807) is 0 Å². The quantitative estimate of drug-likeness (QED) is 0.793. The minimum absolute atomic E-state index is 0.0944. The Labute approximate surface area is 103 Å². The molecule has 0 heterocycles. The van der Waals surface area contributed by atoms with Gasteiger partial charge in [-0.3, -0.25) is 0 Å². The van der Waals surface area contributed by atoms with Crippen LogP contribution in [-0.2, 0) is 0 Å². The SMILES string of the molecule is CC(C)Oc1cccc(N(C)CCC#N)c1N. The summed E-state index contributed by atoms with van der Waals surface area (Å²) in [7, 11) is 1.92. The molecule has 2 N–H and O–H groups in total. The molecule has 1 aromatic carbocycles. The molecule has 4 heteroatoms. The lowest BCUT2D eigenvalue weighted by molar-refractivity contribution is 0.244. The molecule has 0 bridgehead atoms. The Balaban J connectivity index is 2.90. The summed E-state index contributed by atoms with van der Waals surface area (Å²) in [5, 5.41) is 8.57. The molecule has 0 unspecified atom stereocenters. The first-order valence-electron chi connectivity index (χ1n) is 5.69. The van der Waals surface area contributed by atoms with Gasteiger partial charge in [0.05, 0.1) is 30.0 Å². The number of ether oxygens (including phenoxy) is 1. The van der Waals surface area contributed by atoms with E-state index in [1.807, 2.05) is 44.0 Å². The highest BCUT2D eigenvalue weighted by Crippen LogP contribution is 2.32. The zero-order valence-corrected chi connectivity index (χ0v) is 10.6. The van der Waals surface area contributed by atoms with Gasteiger partial charge in [0.15, 0.2) is 0 Å². The van der Waals surface area contributed by atoms with E-state index >= 15 is 0 Å². The summed E-state index contributed by atoms with van der Waals surface area (Å²) in [5.41, 5.74) is 7.58. The first-order chi connectivity index (χ1) is 8.06. The van der Waals surface area contributed by atoms with E-state index < -0.39 is 0 Å². The molecule has 0 amide bonds. The Morgan fingerprint density at radius 3 is 2.76 bits per heavy atom. The van der Waals surface area contributed by atoms with Gasteiger partial charge >= 0.3 is 0 Å². The number of hydrogen-bond donors (Lipinski definition) is 1. The van der Waals surface area contributed by atoms with Gasteiger partial charge < -0.3 is 15.4 Å². The minimum Gasteiger partial charge on any atom is -0.489 e. The number of para-hydroxylation sites is 1. The number of nitrogen functional groups attached to an aromatic ring is 1. The maximum Gasteiger partial charge on any atom is 0.144 e. The maximum absolute atomic E-state index is 8.57. The van der Waals surface area contributed by atoms with E-state index in [-0.39, 0.29) is 6.10 Å². The van der Waals surface area contributed by atoms with Crippen LogP contribution in [0.5, 0.6) is 5.75 Å². The third-order valence-electron chi connectivity index (χ3n) is 2.38. The summed E-state index contributed by atoms with van der Waals surface area (Å²) in [5.74, 6) is 0.696. The number of rotatable bonds is 5. The van der Waals surface area contributed by atoms with Crippen LogP contribution in [0.4, 0.5) is 11.4 Å². The van der Waals surface area contributed by atoms with Gasteiger partial charge in [-0.2, -0.15) is 5.26 Å². The molecule has 0 fully saturated rings. The summed E-state index contributed by atoms with van der Waals surface area (Å²) in [6, 6.07) is 7.82. The number of nitriles is 1. The number of hydrogen-bond acceptors (Lipinski definition) is 4. The Bertz CT molecular complexity index is 410. The Morgan fingerprint density at radius 1 is 1.47 bits per heavy atom. The van der Waals surface area contributed by atoms with Gasteiger partial charge in [0, 0.05) is 13.6 Å². The zero-order valence-electron chi connectivity index (χ0n) is 10.6. The number of nitrogens with zero attached hydrogens (tertiary/aromatic N) is 2. The smallest absolute Gasteiger partial charge is 0.144 e. The largest absolute Gasteiger partial charge is 0.489 e. The van der Waals surface area contributed by atoms with Gasteiger partial charge in [0.2, 0.25) is 0 Å². The monoisotopic (exact) mass is 233 g/mol. The van der Waals surface area contributed by atoms with Crippen LogP contribution in [0.25, 0.3) is 0 Å². The third kappa shape index (κ3) is 3.56. The third-order valence-corrected chi connectivity index (χ3v) is 2.38. The topological polar surface area (TPSA) is 62.3 Å². The second kappa shape index (κ2) is 6.00. The molecule has 17 heavy (non-hydrogen) atoms. The van der Waals surface area contributed by atoms with E-state index in [9.17, 15) is 0 Å². The summed E-state index contributed by atoms with van der Waals surface area (Å²) < 4.78 is 5.62. The predicted octanol–water partition coefficient (Wildman–Crippen LogP) is 2.41. The van der Waals surface area contributed by atoms with Crippen LogP contribution in [0, 0.1) is 11.3 Å².